The maximum Gasteiger partial charge on any atom is 0.0270 e. The molecule has 1 aromatic heterocycles. The molecule has 1 aliphatic carbocycles. The molecular formula is C13H19NS. The smallest absolute Gasteiger partial charge is 0.0270 e. The normalized spacial score (nSPS) is 17.4. The first kappa shape index (κ1) is 10.9. The van der Waals surface area contributed by atoms with Gasteiger partial charge in [-0.25, -0.2) is 0 Å². The maximum atomic E-state index is 3.59. The Morgan fingerprint density at radius 3 is 2.93 bits per heavy atom. The minimum atomic E-state index is 0.637. The van der Waals surface area contributed by atoms with Crippen molar-refractivity contribution in [2.24, 2.45) is 5.92 Å². The number of hydrogen-bond donors (Lipinski definition) is 1. The fraction of sp³-hybridized carbons (Fsp3) is 0.538. The lowest BCUT2D eigenvalue weighted by Crippen LogP contribution is -2.21. The van der Waals surface area contributed by atoms with Gasteiger partial charge in [-0.2, -0.15) is 0 Å². The van der Waals surface area contributed by atoms with Gasteiger partial charge in [0, 0.05) is 17.5 Å². The molecule has 1 saturated carbocycles. The monoisotopic (exact) mass is 221 g/mol. The lowest BCUT2D eigenvalue weighted by Gasteiger charge is -2.12. The standard InChI is InChI=1S/C13H19NS/c1-10(2)11(9-14-12-5-6-12)8-13-4-3-7-15-13/h3-4,7-8,10,12,14H,5-6,9H2,1-2H3. The lowest BCUT2D eigenvalue weighted by atomic mass is 10.0. The summed E-state index contributed by atoms with van der Waals surface area (Å²) in [6, 6.07) is 5.10. The van der Waals surface area contributed by atoms with Crippen molar-refractivity contribution < 1.29 is 0 Å². The van der Waals surface area contributed by atoms with Crippen LogP contribution >= 0.6 is 11.3 Å². The zero-order valence-electron chi connectivity index (χ0n) is 9.49. The SMILES string of the molecule is CC(C)C(=Cc1cccs1)CNC1CC1. The van der Waals surface area contributed by atoms with E-state index in [1.165, 1.54) is 23.3 Å². The van der Waals surface area contributed by atoms with Crippen molar-refractivity contribution in [1.29, 1.82) is 0 Å². The number of hydrogen-bond acceptors (Lipinski definition) is 2. The summed E-state index contributed by atoms with van der Waals surface area (Å²) in [6.45, 7) is 5.60. The largest absolute Gasteiger partial charge is 0.310 e. The highest BCUT2D eigenvalue weighted by Crippen LogP contribution is 2.21. The molecule has 0 aromatic carbocycles. The molecule has 0 atom stereocenters. The van der Waals surface area contributed by atoms with Crippen LogP contribution in [0.25, 0.3) is 6.08 Å². The summed E-state index contributed by atoms with van der Waals surface area (Å²) in [7, 11) is 0. The summed E-state index contributed by atoms with van der Waals surface area (Å²) >= 11 is 1.81. The Bertz CT molecular complexity index is 320. The Balaban J connectivity index is 1.97. The van der Waals surface area contributed by atoms with E-state index in [9.17, 15) is 0 Å². The van der Waals surface area contributed by atoms with E-state index in [-0.39, 0.29) is 0 Å². The number of rotatable bonds is 5. The van der Waals surface area contributed by atoms with Crippen molar-refractivity contribution in [2.45, 2.75) is 32.7 Å². The van der Waals surface area contributed by atoms with E-state index < -0.39 is 0 Å². The summed E-state index contributed by atoms with van der Waals surface area (Å²) in [5.41, 5.74) is 1.52. The molecule has 0 radical (unpaired) electrons. The third kappa shape index (κ3) is 3.47. The topological polar surface area (TPSA) is 12.0 Å². The Labute approximate surface area is 96.2 Å². The lowest BCUT2D eigenvalue weighted by molar-refractivity contribution is 0.663. The molecule has 0 aliphatic heterocycles. The van der Waals surface area contributed by atoms with Crippen molar-refractivity contribution in [2.75, 3.05) is 6.54 Å². The summed E-state index contributed by atoms with van der Waals surface area (Å²) in [6.07, 6.45) is 5.07. The zero-order valence-corrected chi connectivity index (χ0v) is 10.3. The molecule has 82 valence electrons. The van der Waals surface area contributed by atoms with Crippen LogP contribution in [0.4, 0.5) is 0 Å². The molecule has 0 amide bonds. The van der Waals surface area contributed by atoms with E-state index in [1.54, 1.807) is 0 Å². The second-order valence-corrected chi connectivity index (χ2v) is 5.52. The quantitative estimate of drug-likeness (QED) is 0.802. The highest BCUT2D eigenvalue weighted by atomic mass is 32.1. The Morgan fingerprint density at radius 2 is 2.40 bits per heavy atom. The molecule has 0 bridgehead atoms. The average Bonchev–Trinajstić information content (AvgIpc) is 2.89. The van der Waals surface area contributed by atoms with Crippen molar-refractivity contribution in [3.05, 3.63) is 28.0 Å². The zero-order chi connectivity index (χ0) is 10.7. The second-order valence-electron chi connectivity index (χ2n) is 4.54. The van der Waals surface area contributed by atoms with Crippen LogP contribution in [-0.2, 0) is 0 Å². The van der Waals surface area contributed by atoms with Crippen molar-refractivity contribution in [3.8, 4) is 0 Å². The first-order valence-corrected chi connectivity index (χ1v) is 6.61. The van der Waals surface area contributed by atoms with Crippen LogP contribution in [0.5, 0.6) is 0 Å². The van der Waals surface area contributed by atoms with Gasteiger partial charge in [0.1, 0.15) is 0 Å². The van der Waals surface area contributed by atoms with E-state index in [2.05, 4.69) is 42.8 Å². The minimum Gasteiger partial charge on any atom is -0.310 e. The molecular weight excluding hydrogens is 202 g/mol. The van der Waals surface area contributed by atoms with Crippen LogP contribution in [0.3, 0.4) is 0 Å². The molecule has 1 aromatic rings. The van der Waals surface area contributed by atoms with Gasteiger partial charge in [0.2, 0.25) is 0 Å². The van der Waals surface area contributed by atoms with Crippen LogP contribution in [0.15, 0.2) is 23.1 Å². The first-order valence-electron chi connectivity index (χ1n) is 5.73. The van der Waals surface area contributed by atoms with Crippen LogP contribution in [-0.4, -0.2) is 12.6 Å². The van der Waals surface area contributed by atoms with Crippen molar-refractivity contribution in [3.63, 3.8) is 0 Å². The van der Waals surface area contributed by atoms with E-state index in [0.29, 0.717) is 5.92 Å². The predicted octanol–water partition coefficient (Wildman–Crippen LogP) is 3.54. The van der Waals surface area contributed by atoms with Gasteiger partial charge in [-0.15, -0.1) is 11.3 Å². The van der Waals surface area contributed by atoms with Gasteiger partial charge in [-0.3, -0.25) is 0 Å². The number of thiophene rings is 1. The van der Waals surface area contributed by atoms with Crippen LogP contribution < -0.4 is 5.32 Å². The molecule has 1 heterocycles. The molecule has 0 saturated heterocycles. The third-order valence-corrected chi connectivity index (χ3v) is 3.60. The summed E-state index contributed by atoms with van der Waals surface area (Å²) in [5, 5.41) is 5.72. The Morgan fingerprint density at radius 1 is 1.60 bits per heavy atom. The maximum absolute atomic E-state index is 3.59. The summed E-state index contributed by atoms with van der Waals surface area (Å²) < 4.78 is 0. The van der Waals surface area contributed by atoms with Crippen molar-refractivity contribution in [1.82, 2.24) is 5.32 Å². The first-order chi connectivity index (χ1) is 7.25. The highest BCUT2D eigenvalue weighted by Gasteiger charge is 2.20. The second kappa shape index (κ2) is 4.95. The van der Waals surface area contributed by atoms with Gasteiger partial charge in [-0.1, -0.05) is 25.5 Å². The molecule has 0 spiro atoms. The average molecular weight is 221 g/mol. The van der Waals surface area contributed by atoms with E-state index >= 15 is 0 Å². The molecule has 0 unspecified atom stereocenters. The Hall–Kier alpha value is -0.600. The molecule has 1 N–H and O–H groups in total. The molecule has 1 aliphatic rings. The van der Waals surface area contributed by atoms with E-state index in [4.69, 9.17) is 0 Å². The van der Waals surface area contributed by atoms with Gasteiger partial charge in [0.25, 0.3) is 0 Å². The molecule has 15 heavy (non-hydrogen) atoms. The molecule has 1 fully saturated rings. The number of nitrogens with one attached hydrogen (secondary N) is 1. The Kier molecular flexibility index (Phi) is 3.60. The fourth-order valence-electron chi connectivity index (χ4n) is 1.53. The van der Waals surface area contributed by atoms with Gasteiger partial charge >= 0.3 is 0 Å². The molecule has 2 rings (SSSR count). The third-order valence-electron chi connectivity index (χ3n) is 2.78. The van der Waals surface area contributed by atoms with Gasteiger partial charge in [0.05, 0.1) is 0 Å². The van der Waals surface area contributed by atoms with Gasteiger partial charge in [-0.05, 0) is 36.3 Å². The summed E-state index contributed by atoms with van der Waals surface area (Å²) in [4.78, 5) is 1.37. The van der Waals surface area contributed by atoms with Gasteiger partial charge in [0.15, 0.2) is 0 Å². The molecule has 1 nitrogen and oxygen atoms in total. The van der Waals surface area contributed by atoms with E-state index in [1.807, 2.05) is 11.3 Å². The highest BCUT2D eigenvalue weighted by molar-refractivity contribution is 7.10. The fourth-order valence-corrected chi connectivity index (χ4v) is 2.22. The van der Waals surface area contributed by atoms with Crippen LogP contribution in [0, 0.1) is 5.92 Å². The van der Waals surface area contributed by atoms with Crippen molar-refractivity contribution >= 4 is 17.4 Å². The van der Waals surface area contributed by atoms with Crippen LogP contribution in [0.1, 0.15) is 31.6 Å². The predicted molar refractivity (Wildman–Crippen MR) is 68.2 cm³/mol. The van der Waals surface area contributed by atoms with E-state index in [0.717, 1.165) is 12.6 Å². The summed E-state index contributed by atoms with van der Waals surface area (Å²) in [5.74, 6) is 0.637. The molecule has 2 heteroatoms. The van der Waals surface area contributed by atoms with Gasteiger partial charge < -0.3 is 5.32 Å². The van der Waals surface area contributed by atoms with Crippen LogP contribution in [0.2, 0.25) is 0 Å². The minimum absolute atomic E-state index is 0.637.